The van der Waals surface area contributed by atoms with Crippen molar-refractivity contribution in [2.75, 3.05) is 6.61 Å². The Hall–Kier alpha value is -3.34. The monoisotopic (exact) mass is 350 g/mol. The molecule has 1 N–H and O–H groups in total. The zero-order chi connectivity index (χ0) is 18.5. The molecule has 26 heavy (non-hydrogen) atoms. The van der Waals surface area contributed by atoms with Gasteiger partial charge in [0.1, 0.15) is 17.9 Å². The molecule has 0 radical (unpaired) electrons. The molecule has 3 aromatic rings. The van der Waals surface area contributed by atoms with Gasteiger partial charge in [-0.1, -0.05) is 36.4 Å². The second kappa shape index (κ2) is 7.70. The predicted octanol–water partition coefficient (Wildman–Crippen LogP) is 4.08. The van der Waals surface area contributed by atoms with E-state index in [2.05, 4.69) is 0 Å². The summed E-state index contributed by atoms with van der Waals surface area (Å²) < 4.78 is 10.2. The fourth-order valence-electron chi connectivity index (χ4n) is 2.57. The van der Waals surface area contributed by atoms with Crippen LogP contribution in [0.15, 0.2) is 60.7 Å². The zero-order valence-electron chi connectivity index (χ0n) is 14.3. The lowest BCUT2D eigenvalue weighted by Crippen LogP contribution is -2.07. The highest BCUT2D eigenvalue weighted by Gasteiger charge is 2.14. The minimum atomic E-state index is -0.609. The molecule has 0 amide bonds. The van der Waals surface area contributed by atoms with Gasteiger partial charge in [-0.25, -0.2) is 9.59 Å². The summed E-state index contributed by atoms with van der Waals surface area (Å²) >= 11 is 0. The molecule has 5 nitrogen and oxygen atoms in total. The summed E-state index contributed by atoms with van der Waals surface area (Å²) in [6.45, 7) is 2.09. The standard InChI is InChI=1S/C21H18O5/c1-2-25-20(23)15-9-7-14(8-10-15)13-26-21(24)18-11-16-5-3-4-6-17(16)12-19(18)22/h3-12,22H,2,13H2,1H3. The molecule has 5 heteroatoms. The molecule has 0 unspecified atom stereocenters. The quantitative estimate of drug-likeness (QED) is 0.702. The van der Waals surface area contributed by atoms with Crippen LogP contribution in [-0.2, 0) is 16.1 Å². The topological polar surface area (TPSA) is 72.8 Å². The van der Waals surface area contributed by atoms with Crippen molar-refractivity contribution in [2.24, 2.45) is 0 Å². The van der Waals surface area contributed by atoms with Crippen LogP contribution in [0.2, 0.25) is 0 Å². The van der Waals surface area contributed by atoms with E-state index >= 15 is 0 Å². The van der Waals surface area contributed by atoms with Crippen molar-refractivity contribution >= 4 is 22.7 Å². The molecule has 3 rings (SSSR count). The Bertz CT molecular complexity index is 944. The molecule has 0 spiro atoms. The Morgan fingerprint density at radius 1 is 0.885 bits per heavy atom. The fourth-order valence-corrected chi connectivity index (χ4v) is 2.57. The Balaban J connectivity index is 1.69. The number of rotatable bonds is 5. The molecule has 0 fully saturated rings. The first-order valence-corrected chi connectivity index (χ1v) is 8.23. The van der Waals surface area contributed by atoms with E-state index in [0.717, 1.165) is 16.3 Å². The van der Waals surface area contributed by atoms with Crippen molar-refractivity contribution in [2.45, 2.75) is 13.5 Å². The van der Waals surface area contributed by atoms with Crippen LogP contribution < -0.4 is 0 Å². The van der Waals surface area contributed by atoms with Crippen LogP contribution in [-0.4, -0.2) is 23.7 Å². The smallest absolute Gasteiger partial charge is 0.342 e. The van der Waals surface area contributed by atoms with Crippen LogP contribution in [0, 0.1) is 0 Å². The molecular formula is C21H18O5. The molecule has 0 aromatic heterocycles. The normalized spacial score (nSPS) is 10.5. The van der Waals surface area contributed by atoms with Gasteiger partial charge in [-0.3, -0.25) is 0 Å². The van der Waals surface area contributed by atoms with E-state index < -0.39 is 11.9 Å². The van der Waals surface area contributed by atoms with Crippen LogP contribution in [0.5, 0.6) is 5.75 Å². The van der Waals surface area contributed by atoms with E-state index in [1.54, 1.807) is 43.3 Å². The van der Waals surface area contributed by atoms with Gasteiger partial charge in [0.2, 0.25) is 0 Å². The lowest BCUT2D eigenvalue weighted by atomic mass is 10.1. The molecule has 3 aromatic carbocycles. The molecule has 0 saturated carbocycles. The van der Waals surface area contributed by atoms with Crippen molar-refractivity contribution in [1.29, 1.82) is 0 Å². The molecule has 0 aliphatic rings. The van der Waals surface area contributed by atoms with Crippen molar-refractivity contribution in [3.8, 4) is 5.75 Å². The van der Waals surface area contributed by atoms with Gasteiger partial charge in [0.05, 0.1) is 12.2 Å². The number of aromatic hydroxyl groups is 1. The number of hydrogen-bond acceptors (Lipinski definition) is 5. The molecule has 0 aliphatic carbocycles. The van der Waals surface area contributed by atoms with Crippen molar-refractivity contribution in [1.82, 2.24) is 0 Å². The number of benzene rings is 3. The number of ether oxygens (including phenoxy) is 2. The first kappa shape index (κ1) is 17.5. The first-order valence-electron chi connectivity index (χ1n) is 8.23. The summed E-state index contributed by atoms with van der Waals surface area (Å²) in [6.07, 6.45) is 0. The second-order valence-corrected chi connectivity index (χ2v) is 5.71. The third-order valence-corrected chi connectivity index (χ3v) is 3.92. The summed E-state index contributed by atoms with van der Waals surface area (Å²) in [6, 6.07) is 17.2. The largest absolute Gasteiger partial charge is 0.507 e. The Morgan fingerprint density at radius 3 is 2.19 bits per heavy atom. The number of phenolic OH excluding ortho intramolecular Hbond substituents is 1. The summed E-state index contributed by atoms with van der Waals surface area (Å²) in [5, 5.41) is 11.8. The van der Waals surface area contributed by atoms with Crippen LogP contribution >= 0.6 is 0 Å². The highest BCUT2D eigenvalue weighted by atomic mass is 16.5. The van der Waals surface area contributed by atoms with E-state index in [1.165, 1.54) is 0 Å². The molecule has 132 valence electrons. The average Bonchev–Trinajstić information content (AvgIpc) is 2.66. The fraction of sp³-hybridized carbons (Fsp3) is 0.143. The average molecular weight is 350 g/mol. The van der Waals surface area contributed by atoms with Crippen LogP contribution in [0.4, 0.5) is 0 Å². The third kappa shape index (κ3) is 3.83. The van der Waals surface area contributed by atoms with Gasteiger partial charge < -0.3 is 14.6 Å². The molecule has 0 atom stereocenters. The van der Waals surface area contributed by atoms with Gasteiger partial charge in [0.25, 0.3) is 0 Å². The van der Waals surface area contributed by atoms with Crippen LogP contribution in [0.3, 0.4) is 0 Å². The highest BCUT2D eigenvalue weighted by Crippen LogP contribution is 2.25. The minimum absolute atomic E-state index is 0.0359. The number of carbonyl (C=O) groups excluding carboxylic acids is 2. The molecule has 0 bridgehead atoms. The Morgan fingerprint density at radius 2 is 1.54 bits per heavy atom. The summed E-state index contributed by atoms with van der Waals surface area (Å²) in [5.41, 5.74) is 1.28. The van der Waals surface area contributed by atoms with Crippen LogP contribution in [0.1, 0.15) is 33.2 Å². The van der Waals surface area contributed by atoms with E-state index in [4.69, 9.17) is 9.47 Å². The van der Waals surface area contributed by atoms with Gasteiger partial charge in [0.15, 0.2) is 0 Å². The van der Waals surface area contributed by atoms with Crippen LogP contribution in [0.25, 0.3) is 10.8 Å². The summed E-state index contributed by atoms with van der Waals surface area (Å²) in [7, 11) is 0. The van der Waals surface area contributed by atoms with Gasteiger partial charge in [-0.2, -0.15) is 0 Å². The number of fused-ring (bicyclic) bond motifs is 1. The molecule has 0 saturated heterocycles. The Kier molecular flexibility index (Phi) is 5.17. The van der Waals surface area contributed by atoms with E-state index in [0.29, 0.717) is 12.2 Å². The van der Waals surface area contributed by atoms with E-state index in [9.17, 15) is 14.7 Å². The minimum Gasteiger partial charge on any atom is -0.507 e. The molecule has 0 heterocycles. The number of carbonyl (C=O) groups is 2. The number of hydrogen-bond donors (Lipinski definition) is 1. The predicted molar refractivity (Wildman–Crippen MR) is 97.1 cm³/mol. The maximum atomic E-state index is 12.3. The second-order valence-electron chi connectivity index (χ2n) is 5.71. The molecular weight excluding hydrogens is 332 g/mol. The summed E-state index contributed by atoms with van der Waals surface area (Å²) in [5.74, 6) is -1.12. The lowest BCUT2D eigenvalue weighted by Gasteiger charge is -2.08. The van der Waals surface area contributed by atoms with Gasteiger partial charge >= 0.3 is 11.9 Å². The van der Waals surface area contributed by atoms with Crippen molar-refractivity contribution in [3.63, 3.8) is 0 Å². The maximum absolute atomic E-state index is 12.3. The highest BCUT2D eigenvalue weighted by molar-refractivity contribution is 5.98. The number of phenols is 1. The number of esters is 2. The van der Waals surface area contributed by atoms with E-state index in [1.807, 2.05) is 24.3 Å². The van der Waals surface area contributed by atoms with E-state index in [-0.39, 0.29) is 17.9 Å². The van der Waals surface area contributed by atoms with Crippen molar-refractivity contribution < 1.29 is 24.2 Å². The third-order valence-electron chi connectivity index (χ3n) is 3.92. The Labute approximate surface area is 150 Å². The molecule has 0 aliphatic heterocycles. The van der Waals surface area contributed by atoms with Gasteiger partial charge in [-0.15, -0.1) is 0 Å². The lowest BCUT2D eigenvalue weighted by molar-refractivity contribution is 0.0466. The van der Waals surface area contributed by atoms with Crippen molar-refractivity contribution in [3.05, 3.63) is 77.4 Å². The zero-order valence-corrected chi connectivity index (χ0v) is 14.3. The van der Waals surface area contributed by atoms with Gasteiger partial charge in [0, 0.05) is 0 Å². The summed E-state index contributed by atoms with van der Waals surface area (Å²) in [4.78, 5) is 23.9. The SMILES string of the molecule is CCOC(=O)c1ccc(COC(=O)c2cc3ccccc3cc2O)cc1. The van der Waals surface area contributed by atoms with Gasteiger partial charge in [-0.05, 0) is 47.5 Å². The maximum Gasteiger partial charge on any atom is 0.342 e. The first-order chi connectivity index (χ1) is 12.6.